The minimum absolute atomic E-state index is 0.0468. The van der Waals surface area contributed by atoms with E-state index in [1.807, 2.05) is 33.3 Å². The first-order valence-corrected chi connectivity index (χ1v) is 27.1. The summed E-state index contributed by atoms with van der Waals surface area (Å²) < 4.78 is 33.9. The van der Waals surface area contributed by atoms with Crippen LogP contribution in [-0.4, -0.2) is 70.0 Å². The maximum Gasteiger partial charge on any atom is 0.306 e. The summed E-state index contributed by atoms with van der Waals surface area (Å²) in [5.41, 5.74) is 0. The van der Waals surface area contributed by atoms with E-state index in [9.17, 15) is 19.0 Å². The molecule has 10 heteroatoms. The third-order valence-corrected chi connectivity index (χ3v) is 11.7. The molecule has 0 fully saturated rings. The standard InChI is InChI=1S/C54H96NO8P/c1-6-8-10-12-14-16-18-20-22-24-26-27-29-30-32-34-36-38-40-42-44-46-53(56)60-50-52(51-62-64(58,59)61-49-48-55(3,4)5)63-54(57)47-45-43-41-39-37-35-33-31-28-25-23-21-19-17-15-13-11-9-7-2/h15,17,20-23,28,31,35,37,41,43,52H,6-14,16,18-19,24-27,29-30,32-34,36,38-40,42,44-51H2,1-5H3/b17-15-,22-20-,23-21-,31-28-,37-35-,43-41-/t52-/m1/s1. The number of phosphoric ester groups is 1. The summed E-state index contributed by atoms with van der Waals surface area (Å²) in [5.74, 6) is -0.931. The van der Waals surface area contributed by atoms with Gasteiger partial charge in [0.15, 0.2) is 6.10 Å². The highest BCUT2D eigenvalue weighted by Gasteiger charge is 2.21. The van der Waals surface area contributed by atoms with Crippen LogP contribution < -0.4 is 4.89 Å². The van der Waals surface area contributed by atoms with Crippen molar-refractivity contribution < 1.29 is 42.1 Å². The molecule has 1 unspecified atom stereocenters. The van der Waals surface area contributed by atoms with Crippen LogP contribution in [0.4, 0.5) is 0 Å². The van der Waals surface area contributed by atoms with Gasteiger partial charge < -0.3 is 27.9 Å². The molecule has 0 aliphatic carbocycles. The first-order valence-electron chi connectivity index (χ1n) is 25.6. The molecule has 0 rings (SSSR count). The van der Waals surface area contributed by atoms with Gasteiger partial charge in [0.1, 0.15) is 19.8 Å². The number of likely N-dealkylation sites (N-methyl/N-ethyl adjacent to an activating group) is 1. The zero-order chi connectivity index (χ0) is 47.1. The summed E-state index contributed by atoms with van der Waals surface area (Å²) in [6, 6.07) is 0. The second kappa shape index (κ2) is 45.6. The van der Waals surface area contributed by atoms with Crippen LogP contribution >= 0.6 is 7.82 Å². The van der Waals surface area contributed by atoms with Crippen molar-refractivity contribution in [1.29, 1.82) is 0 Å². The van der Waals surface area contributed by atoms with Gasteiger partial charge in [0.2, 0.25) is 0 Å². The zero-order valence-electron chi connectivity index (χ0n) is 41.7. The van der Waals surface area contributed by atoms with Crippen molar-refractivity contribution in [3.63, 3.8) is 0 Å². The Morgan fingerprint density at radius 1 is 0.484 bits per heavy atom. The van der Waals surface area contributed by atoms with Crippen LogP contribution in [0, 0.1) is 0 Å². The molecule has 0 aromatic rings. The lowest BCUT2D eigenvalue weighted by molar-refractivity contribution is -0.870. The predicted molar refractivity (Wildman–Crippen MR) is 268 cm³/mol. The number of unbranched alkanes of at least 4 members (excludes halogenated alkanes) is 20. The van der Waals surface area contributed by atoms with E-state index in [2.05, 4.69) is 74.6 Å². The Balaban J connectivity index is 4.36. The Morgan fingerprint density at radius 2 is 0.875 bits per heavy atom. The monoisotopic (exact) mass is 918 g/mol. The quantitative estimate of drug-likeness (QED) is 0.0195. The van der Waals surface area contributed by atoms with E-state index in [1.165, 1.54) is 128 Å². The number of hydrogen-bond donors (Lipinski definition) is 0. The molecule has 0 bridgehead atoms. The van der Waals surface area contributed by atoms with Crippen molar-refractivity contribution >= 4 is 19.8 Å². The number of phosphoric acid groups is 1. The van der Waals surface area contributed by atoms with Crippen molar-refractivity contribution in [3.05, 3.63) is 72.9 Å². The van der Waals surface area contributed by atoms with Gasteiger partial charge in [-0.2, -0.15) is 0 Å². The summed E-state index contributed by atoms with van der Waals surface area (Å²) in [6.07, 6.45) is 58.1. The van der Waals surface area contributed by atoms with E-state index >= 15 is 0 Å². The van der Waals surface area contributed by atoms with Gasteiger partial charge in [-0.05, 0) is 77.0 Å². The lowest BCUT2D eigenvalue weighted by atomic mass is 10.0. The van der Waals surface area contributed by atoms with E-state index < -0.39 is 32.5 Å². The second-order valence-corrected chi connectivity index (χ2v) is 19.6. The Kier molecular flexibility index (Phi) is 43.8. The summed E-state index contributed by atoms with van der Waals surface area (Å²) in [6.45, 7) is 4.12. The van der Waals surface area contributed by atoms with Crippen LogP contribution in [0.2, 0.25) is 0 Å². The third kappa shape index (κ3) is 48.9. The summed E-state index contributed by atoms with van der Waals surface area (Å²) in [4.78, 5) is 37.7. The average molecular weight is 918 g/mol. The molecule has 0 amide bonds. The Labute approximate surface area is 393 Å². The fourth-order valence-corrected chi connectivity index (χ4v) is 7.42. The van der Waals surface area contributed by atoms with Crippen LogP contribution in [0.15, 0.2) is 72.9 Å². The molecule has 0 N–H and O–H groups in total. The molecular weight excluding hydrogens is 822 g/mol. The van der Waals surface area contributed by atoms with Crippen molar-refractivity contribution in [2.75, 3.05) is 47.5 Å². The predicted octanol–water partition coefficient (Wildman–Crippen LogP) is 14.7. The van der Waals surface area contributed by atoms with Crippen molar-refractivity contribution in [2.45, 2.75) is 213 Å². The molecule has 0 radical (unpaired) electrons. The molecule has 0 spiro atoms. The van der Waals surface area contributed by atoms with E-state index in [1.54, 1.807) is 0 Å². The topological polar surface area (TPSA) is 111 Å². The highest BCUT2D eigenvalue weighted by Crippen LogP contribution is 2.38. The van der Waals surface area contributed by atoms with Gasteiger partial charge in [-0.25, -0.2) is 0 Å². The number of quaternary nitrogens is 1. The highest BCUT2D eigenvalue weighted by molar-refractivity contribution is 7.45. The second-order valence-electron chi connectivity index (χ2n) is 18.2. The molecule has 0 aromatic heterocycles. The number of allylic oxidation sites excluding steroid dienone is 12. The normalized spacial score (nSPS) is 14.0. The van der Waals surface area contributed by atoms with E-state index in [0.29, 0.717) is 17.4 Å². The van der Waals surface area contributed by atoms with Gasteiger partial charge in [-0.3, -0.25) is 14.2 Å². The Hall–Kier alpha value is -2.55. The number of carbonyl (C=O) groups excluding carboxylic acids is 2. The molecular formula is C54H96NO8P. The first kappa shape index (κ1) is 61.5. The fourth-order valence-electron chi connectivity index (χ4n) is 6.69. The van der Waals surface area contributed by atoms with Gasteiger partial charge in [0.05, 0.1) is 27.7 Å². The molecule has 0 heterocycles. The van der Waals surface area contributed by atoms with E-state index in [0.717, 1.165) is 44.9 Å². The Morgan fingerprint density at radius 3 is 1.36 bits per heavy atom. The van der Waals surface area contributed by atoms with Crippen LogP contribution in [0.3, 0.4) is 0 Å². The molecule has 0 aliphatic rings. The number of carbonyl (C=O) groups is 2. The third-order valence-electron chi connectivity index (χ3n) is 10.7. The van der Waals surface area contributed by atoms with Crippen molar-refractivity contribution in [3.8, 4) is 0 Å². The van der Waals surface area contributed by atoms with Gasteiger partial charge in [0.25, 0.3) is 7.82 Å². The van der Waals surface area contributed by atoms with Crippen LogP contribution in [-0.2, 0) is 32.7 Å². The molecule has 0 aromatic carbocycles. The van der Waals surface area contributed by atoms with E-state index in [4.69, 9.17) is 18.5 Å². The van der Waals surface area contributed by atoms with Crippen molar-refractivity contribution in [1.82, 2.24) is 0 Å². The van der Waals surface area contributed by atoms with Crippen LogP contribution in [0.1, 0.15) is 206 Å². The highest BCUT2D eigenvalue weighted by atomic mass is 31.2. The lowest BCUT2D eigenvalue weighted by Crippen LogP contribution is -2.37. The Bertz CT molecular complexity index is 1310. The van der Waals surface area contributed by atoms with Crippen molar-refractivity contribution in [2.24, 2.45) is 0 Å². The average Bonchev–Trinajstić information content (AvgIpc) is 3.25. The zero-order valence-corrected chi connectivity index (χ0v) is 42.6. The smallest absolute Gasteiger partial charge is 0.306 e. The van der Waals surface area contributed by atoms with Gasteiger partial charge in [-0.15, -0.1) is 0 Å². The molecule has 2 atom stereocenters. The first-order chi connectivity index (χ1) is 31.0. The summed E-state index contributed by atoms with van der Waals surface area (Å²) >= 11 is 0. The maximum atomic E-state index is 12.7. The molecule has 370 valence electrons. The molecule has 0 saturated heterocycles. The number of rotatable bonds is 46. The van der Waals surface area contributed by atoms with Gasteiger partial charge in [0, 0.05) is 12.8 Å². The minimum Gasteiger partial charge on any atom is -0.756 e. The fraction of sp³-hybridized carbons (Fsp3) is 0.741. The number of nitrogens with zero attached hydrogens (tertiary/aromatic N) is 1. The SMILES string of the molecule is CCCCC/C=C\C/C=C\C/C=C\C/C=C\C/C=C\CCC(=O)O[C@H](COC(=O)CCCCCCCCCCCCC/C=C\CCCCCCCC)COP(=O)([O-])OCC[N+](C)(C)C. The largest absolute Gasteiger partial charge is 0.756 e. The summed E-state index contributed by atoms with van der Waals surface area (Å²) in [5, 5.41) is 0. The van der Waals surface area contributed by atoms with Crippen LogP contribution in [0.5, 0.6) is 0 Å². The number of hydrogen-bond acceptors (Lipinski definition) is 8. The van der Waals surface area contributed by atoms with Gasteiger partial charge in [-0.1, -0.05) is 189 Å². The summed E-state index contributed by atoms with van der Waals surface area (Å²) in [7, 11) is 1.11. The van der Waals surface area contributed by atoms with Gasteiger partial charge >= 0.3 is 11.9 Å². The number of ether oxygens (including phenoxy) is 2. The maximum absolute atomic E-state index is 12.7. The molecule has 64 heavy (non-hydrogen) atoms. The molecule has 0 aliphatic heterocycles. The minimum atomic E-state index is -4.65. The molecule has 0 saturated carbocycles. The lowest BCUT2D eigenvalue weighted by Gasteiger charge is -2.28. The number of esters is 2. The van der Waals surface area contributed by atoms with E-state index in [-0.39, 0.29) is 26.1 Å². The molecule has 9 nitrogen and oxygen atoms in total. The van der Waals surface area contributed by atoms with Crippen LogP contribution in [0.25, 0.3) is 0 Å².